The highest BCUT2D eigenvalue weighted by Gasteiger charge is 2.47. The normalized spacial score (nSPS) is 12.3. The van der Waals surface area contributed by atoms with Crippen molar-refractivity contribution in [2.24, 2.45) is 5.73 Å². The molecule has 4 nitrogen and oxygen atoms in total. The van der Waals surface area contributed by atoms with Crippen molar-refractivity contribution in [2.45, 2.75) is 18.9 Å². The number of hydrogen-bond donors (Lipinski definition) is 1. The summed E-state index contributed by atoms with van der Waals surface area (Å²) in [5, 5.41) is 0. The van der Waals surface area contributed by atoms with Crippen LogP contribution in [0.4, 0.5) is 13.2 Å². The Morgan fingerprint density at radius 3 is 2.55 bits per heavy atom. The van der Waals surface area contributed by atoms with Crippen molar-refractivity contribution in [2.75, 3.05) is 13.7 Å². The zero-order valence-corrected chi connectivity index (χ0v) is 11.7. The maximum Gasteiger partial charge on any atom is 0.379 e. The van der Waals surface area contributed by atoms with E-state index in [0.29, 0.717) is 0 Å². The van der Waals surface area contributed by atoms with E-state index < -0.39 is 23.8 Å². The number of hydrogen-bond acceptors (Lipinski definition) is 4. The van der Waals surface area contributed by atoms with Crippen LogP contribution in [-0.4, -0.2) is 25.6 Å². The monoisotopic (exact) mass is 313 g/mol. The van der Waals surface area contributed by atoms with Gasteiger partial charge in [-0.3, -0.25) is 0 Å². The maximum absolute atomic E-state index is 13.7. The summed E-state index contributed by atoms with van der Waals surface area (Å²) in [4.78, 5) is 11.1. The molecule has 0 saturated carbocycles. The number of methoxy groups -OCH3 is 1. The molecule has 1 aromatic rings. The predicted octanol–water partition coefficient (Wildman–Crippen LogP) is 2.45. The molecule has 0 fully saturated rings. The van der Waals surface area contributed by atoms with Gasteiger partial charge in [0.2, 0.25) is 0 Å². The number of benzene rings is 1. The third-order valence-corrected chi connectivity index (χ3v) is 2.47. The number of halogens is 4. The molecular formula is C12H15ClF3NO3. The van der Waals surface area contributed by atoms with Gasteiger partial charge in [0.05, 0.1) is 13.7 Å². The summed E-state index contributed by atoms with van der Waals surface area (Å²) in [5.74, 6) is -6.56. The molecule has 0 heterocycles. The number of alkyl halides is 2. The lowest BCUT2D eigenvalue weighted by atomic mass is 10.0. The second-order valence-electron chi connectivity index (χ2n) is 3.72. The van der Waals surface area contributed by atoms with E-state index >= 15 is 0 Å². The third kappa shape index (κ3) is 3.77. The Morgan fingerprint density at radius 1 is 1.45 bits per heavy atom. The van der Waals surface area contributed by atoms with E-state index in [-0.39, 0.29) is 30.3 Å². The summed E-state index contributed by atoms with van der Waals surface area (Å²) in [7, 11) is 1.19. The molecule has 0 aliphatic heterocycles. The molecule has 114 valence electrons. The first-order chi connectivity index (χ1) is 8.84. The van der Waals surface area contributed by atoms with Crippen molar-refractivity contribution < 1.29 is 27.4 Å². The van der Waals surface area contributed by atoms with E-state index in [4.69, 9.17) is 5.73 Å². The van der Waals surface area contributed by atoms with Crippen molar-refractivity contribution in [1.29, 1.82) is 0 Å². The molecule has 0 amide bonds. The first-order valence-electron chi connectivity index (χ1n) is 5.48. The molecule has 0 aromatic heterocycles. The molecule has 1 rings (SSSR count). The molecule has 2 N–H and O–H groups in total. The summed E-state index contributed by atoms with van der Waals surface area (Å²) >= 11 is 0. The molecular weight excluding hydrogens is 299 g/mol. The quantitative estimate of drug-likeness (QED) is 0.848. The minimum atomic E-state index is -3.90. The molecule has 0 aliphatic carbocycles. The Bertz CT molecular complexity index is 471. The Morgan fingerprint density at radius 2 is 2.05 bits per heavy atom. The van der Waals surface area contributed by atoms with E-state index in [9.17, 15) is 18.0 Å². The topological polar surface area (TPSA) is 61.5 Å². The SMILES string of the molecule is CCOC(=O)C(F)(F)[C@H](N)c1ccc(F)c(OC)c1.Cl. The van der Waals surface area contributed by atoms with Crippen LogP contribution in [0, 0.1) is 5.82 Å². The molecule has 0 saturated heterocycles. The van der Waals surface area contributed by atoms with Gasteiger partial charge in [-0.15, -0.1) is 12.4 Å². The van der Waals surface area contributed by atoms with Crippen molar-refractivity contribution in [3.05, 3.63) is 29.6 Å². The fourth-order valence-electron chi connectivity index (χ4n) is 1.43. The first kappa shape index (κ1) is 18.5. The lowest BCUT2D eigenvalue weighted by molar-refractivity contribution is -0.174. The van der Waals surface area contributed by atoms with Crippen molar-refractivity contribution in [3.63, 3.8) is 0 Å². The van der Waals surface area contributed by atoms with E-state index in [2.05, 4.69) is 9.47 Å². The van der Waals surface area contributed by atoms with Crippen LogP contribution < -0.4 is 10.5 Å². The molecule has 0 radical (unpaired) electrons. The number of rotatable bonds is 5. The zero-order chi connectivity index (χ0) is 14.6. The van der Waals surface area contributed by atoms with Gasteiger partial charge in [0.15, 0.2) is 11.6 Å². The van der Waals surface area contributed by atoms with Gasteiger partial charge in [0.1, 0.15) is 6.04 Å². The van der Waals surface area contributed by atoms with Crippen LogP contribution in [0.25, 0.3) is 0 Å². The van der Waals surface area contributed by atoms with Crippen LogP contribution in [0.2, 0.25) is 0 Å². The summed E-state index contributed by atoms with van der Waals surface area (Å²) in [6.45, 7) is 1.22. The van der Waals surface area contributed by atoms with Gasteiger partial charge in [0.25, 0.3) is 0 Å². The second kappa shape index (κ2) is 7.35. The number of ether oxygens (including phenoxy) is 2. The molecule has 1 aromatic carbocycles. The van der Waals surface area contributed by atoms with Gasteiger partial charge in [0, 0.05) is 0 Å². The third-order valence-electron chi connectivity index (χ3n) is 2.47. The van der Waals surface area contributed by atoms with Crippen LogP contribution in [0.15, 0.2) is 18.2 Å². The van der Waals surface area contributed by atoms with Crippen LogP contribution in [0.3, 0.4) is 0 Å². The van der Waals surface area contributed by atoms with E-state index in [1.165, 1.54) is 14.0 Å². The van der Waals surface area contributed by atoms with Gasteiger partial charge in [-0.25, -0.2) is 9.18 Å². The molecule has 1 atom stereocenters. The summed E-state index contributed by atoms with van der Waals surface area (Å²) in [6, 6.07) is 1.08. The first-order valence-corrected chi connectivity index (χ1v) is 5.48. The lowest BCUT2D eigenvalue weighted by Crippen LogP contribution is -2.41. The van der Waals surface area contributed by atoms with Crippen LogP contribution >= 0.6 is 12.4 Å². The summed E-state index contributed by atoms with van der Waals surface area (Å²) in [5.41, 5.74) is 5.22. The number of carbonyl (C=O) groups is 1. The molecule has 20 heavy (non-hydrogen) atoms. The fraction of sp³-hybridized carbons (Fsp3) is 0.417. The molecule has 8 heteroatoms. The van der Waals surface area contributed by atoms with Gasteiger partial charge in [-0.1, -0.05) is 6.07 Å². The Kier molecular flexibility index (Phi) is 6.81. The number of esters is 1. The zero-order valence-electron chi connectivity index (χ0n) is 10.9. The van der Waals surface area contributed by atoms with Gasteiger partial charge < -0.3 is 15.2 Å². The van der Waals surface area contributed by atoms with Crippen molar-refractivity contribution >= 4 is 18.4 Å². The Hall–Kier alpha value is -1.47. The highest BCUT2D eigenvalue weighted by atomic mass is 35.5. The van der Waals surface area contributed by atoms with E-state index in [0.717, 1.165) is 18.2 Å². The van der Waals surface area contributed by atoms with Gasteiger partial charge in [-0.05, 0) is 24.6 Å². The van der Waals surface area contributed by atoms with Crippen LogP contribution in [0.1, 0.15) is 18.5 Å². The number of nitrogens with two attached hydrogens (primary N) is 1. The maximum atomic E-state index is 13.7. The highest BCUT2D eigenvalue weighted by molar-refractivity contribution is 5.85. The predicted molar refractivity (Wildman–Crippen MR) is 68.7 cm³/mol. The molecule has 0 aliphatic rings. The Labute approximate surface area is 120 Å². The fourth-order valence-corrected chi connectivity index (χ4v) is 1.43. The number of carbonyl (C=O) groups excluding carboxylic acids is 1. The standard InChI is InChI=1S/C12H14F3NO3.ClH/c1-3-19-11(17)12(14,15)10(16)7-4-5-8(13)9(6-7)18-2;/h4-6,10H,3,16H2,1-2H3;1H/t10-;/m1./s1. The Balaban J connectivity index is 0.00000361. The summed E-state index contributed by atoms with van der Waals surface area (Å²) < 4.78 is 49.5. The molecule has 0 spiro atoms. The van der Waals surface area contributed by atoms with Crippen molar-refractivity contribution in [3.8, 4) is 5.75 Å². The average Bonchev–Trinajstić information content (AvgIpc) is 2.38. The smallest absolute Gasteiger partial charge is 0.379 e. The van der Waals surface area contributed by atoms with E-state index in [1.807, 2.05) is 0 Å². The lowest BCUT2D eigenvalue weighted by Gasteiger charge is -2.22. The molecule has 0 bridgehead atoms. The van der Waals surface area contributed by atoms with Crippen LogP contribution in [0.5, 0.6) is 5.75 Å². The van der Waals surface area contributed by atoms with E-state index in [1.54, 1.807) is 0 Å². The summed E-state index contributed by atoms with van der Waals surface area (Å²) in [6.07, 6.45) is 0. The minimum absolute atomic E-state index is 0. The molecule has 0 unspecified atom stereocenters. The van der Waals surface area contributed by atoms with Crippen LogP contribution in [-0.2, 0) is 9.53 Å². The van der Waals surface area contributed by atoms with Gasteiger partial charge >= 0.3 is 11.9 Å². The average molecular weight is 314 g/mol. The minimum Gasteiger partial charge on any atom is -0.494 e. The van der Waals surface area contributed by atoms with Gasteiger partial charge in [-0.2, -0.15) is 8.78 Å². The largest absolute Gasteiger partial charge is 0.494 e. The van der Waals surface area contributed by atoms with Crippen molar-refractivity contribution in [1.82, 2.24) is 0 Å². The second-order valence-corrected chi connectivity index (χ2v) is 3.72. The highest BCUT2D eigenvalue weighted by Crippen LogP contribution is 2.32.